The fourth-order valence-corrected chi connectivity index (χ4v) is 8.93. The van der Waals surface area contributed by atoms with Gasteiger partial charge in [-0.2, -0.15) is 0 Å². The average Bonchev–Trinajstić information content (AvgIpc) is 3.00. The highest BCUT2D eigenvalue weighted by molar-refractivity contribution is 5.91. The number of rotatable bonds is 5. The lowest BCUT2D eigenvalue weighted by Gasteiger charge is -2.60. The Hall–Kier alpha value is -0.590. The van der Waals surface area contributed by atoms with Gasteiger partial charge in [-0.05, 0) is 96.9 Å². The second-order valence-corrected chi connectivity index (χ2v) is 12.6. The molecule has 164 valence electrons. The van der Waals surface area contributed by atoms with Crippen LogP contribution in [0, 0.1) is 52.3 Å². The summed E-state index contributed by atoms with van der Waals surface area (Å²) in [5.74, 6) is 6.44. The molecule has 3 fully saturated rings. The molecule has 0 N–H and O–H groups in total. The van der Waals surface area contributed by atoms with Gasteiger partial charge in [0.15, 0.2) is 5.78 Å². The van der Waals surface area contributed by atoms with Crippen LogP contribution in [0.1, 0.15) is 106 Å². The molecule has 0 aromatic heterocycles. The third-order valence-electron chi connectivity index (χ3n) is 10.5. The van der Waals surface area contributed by atoms with Crippen LogP contribution in [-0.2, 0) is 4.79 Å². The molecule has 1 nitrogen and oxygen atoms in total. The highest BCUT2D eigenvalue weighted by Crippen LogP contribution is 2.68. The van der Waals surface area contributed by atoms with Gasteiger partial charge in [0, 0.05) is 6.42 Å². The van der Waals surface area contributed by atoms with Crippen molar-refractivity contribution in [1.82, 2.24) is 0 Å². The minimum absolute atomic E-state index is 0.313. The van der Waals surface area contributed by atoms with E-state index in [0.29, 0.717) is 16.6 Å². The van der Waals surface area contributed by atoms with Gasteiger partial charge >= 0.3 is 0 Å². The maximum Gasteiger partial charge on any atom is 0.155 e. The zero-order valence-electron chi connectivity index (χ0n) is 20.1. The highest BCUT2D eigenvalue weighted by atomic mass is 16.1. The van der Waals surface area contributed by atoms with Gasteiger partial charge in [-0.25, -0.2) is 0 Å². The smallest absolute Gasteiger partial charge is 0.155 e. The standard InChI is InChI=1S/C28H46O/c1-18(2)8-7-9-19(3)23-10-11-24-26-20(4)16-21-17-22(29)12-14-27(21,5)25(26)13-15-28(23,24)6/h17-20,23-26H,7-16H2,1-6H3/t19?,20?,23?,24?,25?,26?,27-,28+/m0/s1. The summed E-state index contributed by atoms with van der Waals surface area (Å²) >= 11 is 0. The summed E-state index contributed by atoms with van der Waals surface area (Å²) in [5.41, 5.74) is 2.39. The molecular weight excluding hydrogens is 352 g/mol. The molecule has 0 spiro atoms. The lowest BCUT2D eigenvalue weighted by molar-refractivity contribution is -0.118. The molecule has 3 saturated carbocycles. The molecule has 0 aliphatic heterocycles. The van der Waals surface area contributed by atoms with E-state index in [1.807, 2.05) is 0 Å². The Morgan fingerprint density at radius 3 is 2.52 bits per heavy atom. The first-order valence-corrected chi connectivity index (χ1v) is 12.9. The van der Waals surface area contributed by atoms with Crippen LogP contribution in [0.15, 0.2) is 11.6 Å². The molecule has 8 atom stereocenters. The lowest BCUT2D eigenvalue weighted by atomic mass is 9.44. The lowest BCUT2D eigenvalue weighted by Crippen LogP contribution is -2.53. The molecule has 0 amide bonds. The van der Waals surface area contributed by atoms with Crippen molar-refractivity contribution in [3.05, 3.63) is 11.6 Å². The van der Waals surface area contributed by atoms with Crippen molar-refractivity contribution in [2.24, 2.45) is 52.3 Å². The van der Waals surface area contributed by atoms with Crippen LogP contribution in [0.3, 0.4) is 0 Å². The molecular formula is C28H46O. The third-order valence-corrected chi connectivity index (χ3v) is 10.5. The average molecular weight is 399 g/mol. The van der Waals surface area contributed by atoms with Gasteiger partial charge in [0.2, 0.25) is 0 Å². The highest BCUT2D eigenvalue weighted by Gasteiger charge is 2.60. The van der Waals surface area contributed by atoms with Crippen LogP contribution in [0.4, 0.5) is 0 Å². The number of carbonyl (C=O) groups excluding carboxylic acids is 1. The van der Waals surface area contributed by atoms with Crippen molar-refractivity contribution >= 4 is 5.78 Å². The normalized spacial score (nSPS) is 45.4. The van der Waals surface area contributed by atoms with Gasteiger partial charge in [0.25, 0.3) is 0 Å². The Bertz CT molecular complexity index is 659. The SMILES string of the molecule is CC(C)CCCC(C)C1CCC2C3C(C)CC4=CC(=O)CC[C@]4(C)C3CC[C@]12C. The van der Waals surface area contributed by atoms with E-state index in [0.717, 1.165) is 54.3 Å². The first-order chi connectivity index (χ1) is 13.7. The van der Waals surface area contributed by atoms with Crippen LogP contribution in [0.5, 0.6) is 0 Å². The molecule has 0 heterocycles. The molecule has 0 bridgehead atoms. The number of hydrogen-bond donors (Lipinski definition) is 0. The number of ketones is 1. The fraction of sp³-hybridized carbons (Fsp3) is 0.893. The second kappa shape index (κ2) is 7.83. The van der Waals surface area contributed by atoms with Crippen LogP contribution in [-0.4, -0.2) is 5.78 Å². The van der Waals surface area contributed by atoms with Crippen LogP contribution < -0.4 is 0 Å². The second-order valence-electron chi connectivity index (χ2n) is 12.6. The molecule has 0 aromatic carbocycles. The molecule has 6 unspecified atom stereocenters. The van der Waals surface area contributed by atoms with E-state index in [9.17, 15) is 4.79 Å². The predicted octanol–water partition coefficient (Wildman–Crippen LogP) is 7.84. The summed E-state index contributed by atoms with van der Waals surface area (Å²) in [6, 6.07) is 0. The summed E-state index contributed by atoms with van der Waals surface area (Å²) in [6.45, 7) is 15.0. The van der Waals surface area contributed by atoms with Crippen molar-refractivity contribution in [2.45, 2.75) is 106 Å². The first kappa shape index (κ1) is 21.6. The van der Waals surface area contributed by atoms with Gasteiger partial charge in [-0.15, -0.1) is 0 Å². The van der Waals surface area contributed by atoms with Crippen molar-refractivity contribution in [3.8, 4) is 0 Å². The Balaban J connectivity index is 1.54. The molecule has 29 heavy (non-hydrogen) atoms. The third kappa shape index (κ3) is 3.57. The number of hydrogen-bond acceptors (Lipinski definition) is 1. The quantitative estimate of drug-likeness (QED) is 0.461. The van der Waals surface area contributed by atoms with Crippen LogP contribution in [0.2, 0.25) is 0 Å². The van der Waals surface area contributed by atoms with Crippen molar-refractivity contribution in [1.29, 1.82) is 0 Å². The summed E-state index contributed by atoms with van der Waals surface area (Å²) in [4.78, 5) is 12.1. The Kier molecular flexibility index (Phi) is 5.84. The maximum absolute atomic E-state index is 12.1. The minimum Gasteiger partial charge on any atom is -0.295 e. The Morgan fingerprint density at radius 2 is 1.79 bits per heavy atom. The van der Waals surface area contributed by atoms with Crippen molar-refractivity contribution < 1.29 is 4.79 Å². The van der Waals surface area contributed by atoms with E-state index in [-0.39, 0.29) is 0 Å². The predicted molar refractivity (Wildman–Crippen MR) is 123 cm³/mol. The van der Waals surface area contributed by atoms with E-state index in [1.54, 1.807) is 0 Å². The van der Waals surface area contributed by atoms with Gasteiger partial charge in [0.05, 0.1) is 0 Å². The molecule has 0 saturated heterocycles. The monoisotopic (exact) mass is 398 g/mol. The summed E-state index contributed by atoms with van der Waals surface area (Å²) in [6.07, 6.45) is 15.2. The number of fused-ring (bicyclic) bond motifs is 5. The van der Waals surface area contributed by atoms with Crippen molar-refractivity contribution in [2.75, 3.05) is 0 Å². The van der Waals surface area contributed by atoms with E-state index in [1.165, 1.54) is 56.9 Å². The maximum atomic E-state index is 12.1. The largest absolute Gasteiger partial charge is 0.295 e. The van der Waals surface area contributed by atoms with E-state index >= 15 is 0 Å². The summed E-state index contributed by atoms with van der Waals surface area (Å²) in [7, 11) is 0. The van der Waals surface area contributed by atoms with Gasteiger partial charge in [-0.3, -0.25) is 4.79 Å². The summed E-state index contributed by atoms with van der Waals surface area (Å²) < 4.78 is 0. The molecule has 4 aliphatic rings. The molecule has 1 heteroatoms. The Labute approximate surface area is 180 Å². The topological polar surface area (TPSA) is 17.1 Å². The van der Waals surface area contributed by atoms with Crippen LogP contribution in [0.25, 0.3) is 0 Å². The van der Waals surface area contributed by atoms with Crippen molar-refractivity contribution in [3.63, 3.8) is 0 Å². The van der Waals surface area contributed by atoms with Crippen LogP contribution >= 0.6 is 0 Å². The van der Waals surface area contributed by atoms with E-state index < -0.39 is 0 Å². The molecule has 0 aromatic rings. The zero-order chi connectivity index (χ0) is 21.0. The minimum atomic E-state index is 0.313. The summed E-state index contributed by atoms with van der Waals surface area (Å²) in [5, 5.41) is 0. The first-order valence-electron chi connectivity index (χ1n) is 12.9. The molecule has 4 rings (SSSR count). The van der Waals surface area contributed by atoms with Gasteiger partial charge < -0.3 is 0 Å². The van der Waals surface area contributed by atoms with E-state index in [2.05, 4.69) is 47.6 Å². The number of carbonyl (C=O) groups is 1. The fourth-order valence-electron chi connectivity index (χ4n) is 8.93. The molecule has 0 radical (unpaired) electrons. The molecule has 4 aliphatic carbocycles. The Morgan fingerprint density at radius 1 is 1.03 bits per heavy atom. The van der Waals surface area contributed by atoms with Gasteiger partial charge in [0.1, 0.15) is 0 Å². The number of allylic oxidation sites excluding steroid dienone is 1. The van der Waals surface area contributed by atoms with E-state index in [4.69, 9.17) is 0 Å². The van der Waals surface area contributed by atoms with Gasteiger partial charge in [-0.1, -0.05) is 66.4 Å². The zero-order valence-corrected chi connectivity index (χ0v) is 20.1.